The highest BCUT2D eigenvalue weighted by Gasteiger charge is 2.52. The zero-order valence-corrected chi connectivity index (χ0v) is 7.15. The molecule has 0 rings (SSSR count). The molecule has 0 aliphatic carbocycles. The smallest absolute Gasteiger partial charge is 0.391 e. The number of hydrogen-bond acceptors (Lipinski definition) is 2. The predicted molar refractivity (Wildman–Crippen MR) is 39.6 cm³/mol. The van der Waals surface area contributed by atoms with Crippen LogP contribution in [-0.4, -0.2) is 22.9 Å². The van der Waals surface area contributed by atoms with Gasteiger partial charge in [0.05, 0.1) is 6.10 Å². The summed E-state index contributed by atoms with van der Waals surface area (Å²) < 4.78 is 36.4. The zero-order valence-electron chi connectivity index (χ0n) is 7.15. The van der Waals surface area contributed by atoms with Gasteiger partial charge < -0.3 is 10.8 Å². The Balaban J connectivity index is 4.38. The summed E-state index contributed by atoms with van der Waals surface area (Å²) in [5, 5.41) is 9.07. The topological polar surface area (TPSA) is 46.2 Å². The maximum atomic E-state index is 12.1. The fraction of sp³-hybridized carbons (Fsp3) is 1.00. The van der Waals surface area contributed by atoms with Crippen molar-refractivity contribution in [3.63, 3.8) is 0 Å². The molecule has 0 aromatic carbocycles. The van der Waals surface area contributed by atoms with Gasteiger partial charge in [0.1, 0.15) is 5.54 Å². The normalized spacial score (nSPS) is 20.2. The average Bonchev–Trinajstić information content (AvgIpc) is 1.85. The minimum absolute atomic E-state index is 0.0620. The summed E-state index contributed by atoms with van der Waals surface area (Å²) in [5.41, 5.74) is 2.45. The molecule has 3 N–H and O–H groups in total. The number of aliphatic hydroxyl groups excluding tert-OH is 1. The molecule has 0 aliphatic heterocycles. The molecule has 0 aromatic rings. The van der Waals surface area contributed by atoms with Crippen LogP contribution in [0.25, 0.3) is 0 Å². The first-order valence-electron chi connectivity index (χ1n) is 3.77. The van der Waals surface area contributed by atoms with Gasteiger partial charge >= 0.3 is 6.18 Å². The second-order valence-electron chi connectivity index (χ2n) is 3.08. The summed E-state index contributed by atoms with van der Waals surface area (Å²) in [6, 6.07) is 0. The minimum atomic E-state index is -4.55. The second kappa shape index (κ2) is 3.62. The number of alkyl halides is 3. The van der Waals surface area contributed by atoms with Gasteiger partial charge in [0.2, 0.25) is 0 Å². The van der Waals surface area contributed by atoms with Gasteiger partial charge in [-0.05, 0) is 13.3 Å². The van der Waals surface area contributed by atoms with Crippen LogP contribution in [-0.2, 0) is 0 Å². The standard InChI is InChI=1S/C7H14F3NO/c1-3-4-5(12)6(2,11)7(8,9)10/h5,12H,3-4,11H2,1-2H3/t5-,6+/m0/s1. The summed E-state index contributed by atoms with van der Waals surface area (Å²) in [7, 11) is 0. The first-order chi connectivity index (χ1) is 5.23. The van der Waals surface area contributed by atoms with E-state index >= 15 is 0 Å². The quantitative estimate of drug-likeness (QED) is 0.698. The van der Waals surface area contributed by atoms with E-state index in [2.05, 4.69) is 0 Å². The van der Waals surface area contributed by atoms with E-state index in [0.29, 0.717) is 6.42 Å². The highest BCUT2D eigenvalue weighted by molar-refractivity contribution is 4.93. The Hall–Kier alpha value is -0.290. The highest BCUT2D eigenvalue weighted by Crippen LogP contribution is 2.31. The number of aliphatic hydroxyl groups is 1. The molecule has 0 bridgehead atoms. The first-order valence-corrected chi connectivity index (χ1v) is 3.77. The molecule has 0 spiro atoms. The number of halogens is 3. The first kappa shape index (κ1) is 11.7. The van der Waals surface area contributed by atoms with Gasteiger partial charge in [-0.3, -0.25) is 0 Å². The molecule has 0 saturated heterocycles. The van der Waals surface area contributed by atoms with Gasteiger partial charge in [0.15, 0.2) is 0 Å². The van der Waals surface area contributed by atoms with Crippen LogP contribution in [0.1, 0.15) is 26.7 Å². The van der Waals surface area contributed by atoms with Crippen molar-refractivity contribution >= 4 is 0 Å². The van der Waals surface area contributed by atoms with Gasteiger partial charge in [-0.25, -0.2) is 0 Å². The number of rotatable bonds is 3. The van der Waals surface area contributed by atoms with Crippen LogP contribution in [0.5, 0.6) is 0 Å². The second-order valence-corrected chi connectivity index (χ2v) is 3.08. The molecule has 0 amide bonds. The Labute approximate surface area is 69.6 Å². The van der Waals surface area contributed by atoms with Crippen LogP contribution in [0.4, 0.5) is 13.2 Å². The summed E-state index contributed by atoms with van der Waals surface area (Å²) in [6.07, 6.45) is -5.54. The van der Waals surface area contributed by atoms with Crippen molar-refractivity contribution in [1.82, 2.24) is 0 Å². The Morgan fingerprint density at radius 2 is 1.83 bits per heavy atom. The molecule has 0 aliphatic rings. The molecule has 74 valence electrons. The van der Waals surface area contributed by atoms with E-state index in [4.69, 9.17) is 10.8 Å². The molecule has 5 heteroatoms. The molecule has 0 heterocycles. The van der Waals surface area contributed by atoms with Crippen LogP contribution in [0.15, 0.2) is 0 Å². The van der Waals surface area contributed by atoms with Crippen LogP contribution < -0.4 is 5.73 Å². The SMILES string of the molecule is CCC[C@H](O)[C@@](C)(N)C(F)(F)F. The van der Waals surface area contributed by atoms with E-state index in [1.165, 1.54) is 0 Å². The lowest BCUT2D eigenvalue weighted by atomic mass is 9.92. The molecule has 0 saturated carbocycles. The van der Waals surface area contributed by atoms with Gasteiger partial charge in [0.25, 0.3) is 0 Å². The molecular weight excluding hydrogens is 171 g/mol. The van der Waals surface area contributed by atoms with E-state index in [1.54, 1.807) is 6.92 Å². The summed E-state index contributed by atoms with van der Waals surface area (Å²) in [5.74, 6) is 0. The van der Waals surface area contributed by atoms with Gasteiger partial charge in [-0.15, -0.1) is 0 Å². The molecule has 0 unspecified atom stereocenters. The van der Waals surface area contributed by atoms with Crippen molar-refractivity contribution < 1.29 is 18.3 Å². The van der Waals surface area contributed by atoms with Gasteiger partial charge in [-0.1, -0.05) is 13.3 Å². The Bertz CT molecular complexity index is 144. The monoisotopic (exact) mass is 185 g/mol. The average molecular weight is 185 g/mol. The molecule has 2 atom stereocenters. The molecule has 0 fully saturated rings. The number of nitrogens with two attached hydrogens (primary N) is 1. The van der Waals surface area contributed by atoms with Crippen molar-refractivity contribution in [3.8, 4) is 0 Å². The van der Waals surface area contributed by atoms with E-state index in [0.717, 1.165) is 6.92 Å². The number of hydrogen-bond donors (Lipinski definition) is 2. The lowest BCUT2D eigenvalue weighted by Crippen LogP contribution is -2.59. The summed E-state index contributed by atoms with van der Waals surface area (Å²) >= 11 is 0. The molecule has 12 heavy (non-hydrogen) atoms. The minimum Gasteiger partial charge on any atom is -0.391 e. The third-order valence-electron chi connectivity index (χ3n) is 1.87. The van der Waals surface area contributed by atoms with Crippen LogP contribution in [0.3, 0.4) is 0 Å². The third-order valence-corrected chi connectivity index (χ3v) is 1.87. The van der Waals surface area contributed by atoms with Gasteiger partial charge in [-0.2, -0.15) is 13.2 Å². The Morgan fingerprint density at radius 3 is 2.08 bits per heavy atom. The molecule has 0 radical (unpaired) electrons. The van der Waals surface area contributed by atoms with Crippen LogP contribution in [0.2, 0.25) is 0 Å². The molecule has 2 nitrogen and oxygen atoms in total. The van der Waals surface area contributed by atoms with E-state index in [-0.39, 0.29) is 6.42 Å². The Kier molecular flexibility index (Phi) is 3.53. The Morgan fingerprint density at radius 1 is 1.42 bits per heavy atom. The lowest BCUT2D eigenvalue weighted by molar-refractivity contribution is -0.207. The van der Waals surface area contributed by atoms with Crippen molar-refractivity contribution in [1.29, 1.82) is 0 Å². The maximum Gasteiger partial charge on any atom is 0.408 e. The predicted octanol–water partition coefficient (Wildman–Crippen LogP) is 1.43. The zero-order chi connectivity index (χ0) is 9.99. The highest BCUT2D eigenvalue weighted by atomic mass is 19.4. The largest absolute Gasteiger partial charge is 0.408 e. The van der Waals surface area contributed by atoms with Crippen molar-refractivity contribution in [2.24, 2.45) is 5.73 Å². The summed E-state index contributed by atoms with van der Waals surface area (Å²) in [4.78, 5) is 0. The van der Waals surface area contributed by atoms with Crippen molar-refractivity contribution in [3.05, 3.63) is 0 Å². The van der Waals surface area contributed by atoms with Crippen LogP contribution >= 0.6 is 0 Å². The third kappa shape index (κ3) is 2.35. The van der Waals surface area contributed by atoms with E-state index < -0.39 is 17.8 Å². The molecular formula is C7H14F3NO. The molecule has 0 aromatic heterocycles. The van der Waals surface area contributed by atoms with E-state index in [9.17, 15) is 13.2 Å². The van der Waals surface area contributed by atoms with Gasteiger partial charge in [0, 0.05) is 0 Å². The fourth-order valence-electron chi connectivity index (χ4n) is 0.762. The van der Waals surface area contributed by atoms with Crippen LogP contribution in [0, 0.1) is 0 Å². The summed E-state index contributed by atoms with van der Waals surface area (Å²) in [6.45, 7) is 2.49. The maximum absolute atomic E-state index is 12.1. The van der Waals surface area contributed by atoms with Crippen molar-refractivity contribution in [2.45, 2.75) is 44.5 Å². The fourth-order valence-corrected chi connectivity index (χ4v) is 0.762. The lowest BCUT2D eigenvalue weighted by Gasteiger charge is -2.32. The van der Waals surface area contributed by atoms with Crippen molar-refractivity contribution in [2.75, 3.05) is 0 Å². The van der Waals surface area contributed by atoms with E-state index in [1.807, 2.05) is 0 Å².